The van der Waals surface area contributed by atoms with Crippen molar-refractivity contribution in [3.05, 3.63) is 47.3 Å². The number of carbonyl (C=O) groups is 2. The number of rotatable bonds is 5. The van der Waals surface area contributed by atoms with Crippen molar-refractivity contribution in [2.24, 2.45) is 0 Å². The number of aliphatic hydroxyl groups is 1. The summed E-state index contributed by atoms with van der Waals surface area (Å²) in [5.41, 5.74) is 2.70. The average molecular weight is 478 g/mol. The molecule has 5 heterocycles. The van der Waals surface area contributed by atoms with Gasteiger partial charge in [-0.2, -0.15) is 0 Å². The maximum atomic E-state index is 13.0. The van der Waals surface area contributed by atoms with E-state index in [1.807, 2.05) is 9.80 Å². The Morgan fingerprint density at radius 2 is 1.97 bits per heavy atom. The van der Waals surface area contributed by atoms with Crippen LogP contribution in [-0.4, -0.2) is 83.3 Å². The van der Waals surface area contributed by atoms with E-state index in [0.29, 0.717) is 36.8 Å². The fourth-order valence-electron chi connectivity index (χ4n) is 4.38. The highest BCUT2D eigenvalue weighted by Crippen LogP contribution is 2.23. The van der Waals surface area contributed by atoms with Crippen LogP contribution in [0.1, 0.15) is 47.4 Å². The standard InChI is InChI=1S/C23H27N9O3/c1-15(14-33)32-21(27-28-29-32)18-5-4-6-20(25-18)26-22(34)19-11-17-13-31(10-7-16(17)12-24-19)23(35)30-8-2-3-9-30/h4-6,11-12,15,33H,2-3,7-10,13-14H2,1H3,(H,25,26,34). The number of aliphatic hydroxyl groups excluding tert-OH is 1. The van der Waals surface area contributed by atoms with Gasteiger partial charge in [-0.3, -0.25) is 9.78 Å². The summed E-state index contributed by atoms with van der Waals surface area (Å²) in [6.07, 6.45) is 4.54. The number of tetrazole rings is 1. The average Bonchev–Trinajstić information content (AvgIpc) is 3.60. The fourth-order valence-corrected chi connectivity index (χ4v) is 4.38. The monoisotopic (exact) mass is 477 g/mol. The van der Waals surface area contributed by atoms with Gasteiger partial charge < -0.3 is 20.2 Å². The SMILES string of the molecule is CC(CO)n1nnnc1-c1cccc(NC(=O)c2cc3c(cn2)CCN(C(=O)N2CCCC2)C3)n1. The minimum absolute atomic E-state index is 0.0647. The van der Waals surface area contributed by atoms with Crippen molar-refractivity contribution in [3.8, 4) is 11.5 Å². The molecule has 3 aromatic heterocycles. The molecule has 182 valence electrons. The molecule has 3 amide bonds. The third kappa shape index (κ3) is 4.69. The molecular weight excluding hydrogens is 450 g/mol. The lowest BCUT2D eigenvalue weighted by molar-refractivity contribution is 0.102. The third-order valence-electron chi connectivity index (χ3n) is 6.37. The zero-order chi connectivity index (χ0) is 24.4. The molecule has 0 bridgehead atoms. The van der Waals surface area contributed by atoms with E-state index >= 15 is 0 Å². The number of nitrogens with zero attached hydrogens (tertiary/aromatic N) is 8. The summed E-state index contributed by atoms with van der Waals surface area (Å²) in [4.78, 5) is 38.3. The Hall–Kier alpha value is -3.93. The molecule has 2 N–H and O–H groups in total. The lowest BCUT2D eigenvalue weighted by Crippen LogP contribution is -2.44. The van der Waals surface area contributed by atoms with Gasteiger partial charge in [-0.15, -0.1) is 5.10 Å². The molecule has 35 heavy (non-hydrogen) atoms. The van der Waals surface area contributed by atoms with Crippen LogP contribution >= 0.6 is 0 Å². The molecule has 1 atom stereocenters. The summed E-state index contributed by atoms with van der Waals surface area (Å²) in [5, 5.41) is 23.8. The van der Waals surface area contributed by atoms with Gasteiger partial charge in [0.1, 0.15) is 17.2 Å². The normalized spacial score (nSPS) is 16.2. The van der Waals surface area contributed by atoms with Crippen molar-refractivity contribution in [2.45, 2.75) is 38.8 Å². The Balaban J connectivity index is 1.31. The maximum Gasteiger partial charge on any atom is 0.320 e. The molecular formula is C23H27N9O3. The Labute approximate surface area is 202 Å². The van der Waals surface area contributed by atoms with E-state index in [-0.39, 0.29) is 24.4 Å². The molecule has 1 unspecified atom stereocenters. The number of likely N-dealkylation sites (tertiary alicyclic amines) is 1. The van der Waals surface area contributed by atoms with Crippen molar-refractivity contribution in [3.63, 3.8) is 0 Å². The van der Waals surface area contributed by atoms with E-state index < -0.39 is 5.91 Å². The van der Waals surface area contributed by atoms with E-state index in [0.717, 1.165) is 37.1 Å². The molecule has 1 fully saturated rings. The molecule has 3 aromatic rings. The highest BCUT2D eigenvalue weighted by atomic mass is 16.3. The van der Waals surface area contributed by atoms with Gasteiger partial charge in [0.15, 0.2) is 0 Å². The number of fused-ring (bicyclic) bond motifs is 1. The quantitative estimate of drug-likeness (QED) is 0.563. The molecule has 0 saturated carbocycles. The smallest absolute Gasteiger partial charge is 0.320 e. The number of anilines is 1. The van der Waals surface area contributed by atoms with Gasteiger partial charge in [-0.1, -0.05) is 6.07 Å². The molecule has 0 radical (unpaired) electrons. The van der Waals surface area contributed by atoms with E-state index in [1.54, 1.807) is 37.4 Å². The molecule has 12 nitrogen and oxygen atoms in total. The van der Waals surface area contributed by atoms with Crippen molar-refractivity contribution in [1.82, 2.24) is 40.0 Å². The van der Waals surface area contributed by atoms with Gasteiger partial charge in [-0.25, -0.2) is 14.5 Å². The van der Waals surface area contributed by atoms with Crippen LogP contribution in [0.15, 0.2) is 30.5 Å². The maximum absolute atomic E-state index is 13.0. The first-order chi connectivity index (χ1) is 17.0. The van der Waals surface area contributed by atoms with Crippen LogP contribution in [0, 0.1) is 0 Å². The van der Waals surface area contributed by atoms with Gasteiger partial charge >= 0.3 is 6.03 Å². The van der Waals surface area contributed by atoms with Crippen LogP contribution in [0.25, 0.3) is 11.5 Å². The largest absolute Gasteiger partial charge is 0.394 e. The Bertz CT molecular complexity index is 1240. The number of pyridine rings is 2. The Kier molecular flexibility index (Phi) is 6.36. The first-order valence-corrected chi connectivity index (χ1v) is 11.7. The van der Waals surface area contributed by atoms with Crippen LogP contribution in [0.2, 0.25) is 0 Å². The van der Waals surface area contributed by atoms with Crippen LogP contribution < -0.4 is 5.32 Å². The van der Waals surface area contributed by atoms with E-state index in [2.05, 4.69) is 30.8 Å². The number of aromatic nitrogens is 6. The lowest BCUT2D eigenvalue weighted by Gasteiger charge is -2.32. The van der Waals surface area contributed by atoms with Crippen molar-refractivity contribution >= 4 is 17.8 Å². The van der Waals surface area contributed by atoms with Crippen molar-refractivity contribution in [2.75, 3.05) is 31.6 Å². The number of amides is 3. The van der Waals surface area contributed by atoms with E-state index in [4.69, 9.17) is 0 Å². The minimum Gasteiger partial charge on any atom is -0.394 e. The second-order valence-electron chi connectivity index (χ2n) is 8.83. The first kappa shape index (κ1) is 22.8. The topological polar surface area (TPSA) is 142 Å². The molecule has 2 aliphatic heterocycles. The number of carbonyl (C=O) groups excluding carboxylic acids is 2. The summed E-state index contributed by atoms with van der Waals surface area (Å²) < 4.78 is 1.48. The number of hydrogen-bond donors (Lipinski definition) is 2. The van der Waals surface area contributed by atoms with Crippen LogP contribution in [-0.2, 0) is 13.0 Å². The van der Waals surface area contributed by atoms with Gasteiger partial charge in [0.25, 0.3) is 5.91 Å². The molecule has 5 rings (SSSR count). The van der Waals surface area contributed by atoms with Crippen molar-refractivity contribution in [1.29, 1.82) is 0 Å². The number of hydrogen-bond acceptors (Lipinski definition) is 8. The Morgan fingerprint density at radius 3 is 2.77 bits per heavy atom. The second kappa shape index (κ2) is 9.74. The second-order valence-corrected chi connectivity index (χ2v) is 8.83. The van der Waals surface area contributed by atoms with Crippen molar-refractivity contribution < 1.29 is 14.7 Å². The molecule has 0 aliphatic carbocycles. The highest BCUT2D eigenvalue weighted by Gasteiger charge is 2.27. The third-order valence-corrected chi connectivity index (χ3v) is 6.37. The molecule has 12 heteroatoms. The minimum atomic E-state index is -0.399. The van der Waals surface area contributed by atoms with Crippen LogP contribution in [0.3, 0.4) is 0 Å². The zero-order valence-electron chi connectivity index (χ0n) is 19.5. The van der Waals surface area contributed by atoms with E-state index in [1.165, 1.54) is 4.68 Å². The summed E-state index contributed by atoms with van der Waals surface area (Å²) in [7, 11) is 0. The Morgan fingerprint density at radius 1 is 1.14 bits per heavy atom. The zero-order valence-corrected chi connectivity index (χ0v) is 19.5. The van der Waals surface area contributed by atoms with Gasteiger partial charge in [-0.05, 0) is 65.9 Å². The predicted octanol–water partition coefficient (Wildman–Crippen LogP) is 1.51. The summed E-state index contributed by atoms with van der Waals surface area (Å²) in [6.45, 7) is 4.40. The first-order valence-electron chi connectivity index (χ1n) is 11.7. The van der Waals surface area contributed by atoms with Gasteiger partial charge in [0.2, 0.25) is 5.82 Å². The molecule has 2 aliphatic rings. The van der Waals surface area contributed by atoms with Crippen LogP contribution in [0.4, 0.5) is 10.6 Å². The van der Waals surface area contributed by atoms with Crippen LogP contribution in [0.5, 0.6) is 0 Å². The summed E-state index contributed by atoms with van der Waals surface area (Å²) in [6, 6.07) is 6.63. The molecule has 1 saturated heterocycles. The number of urea groups is 1. The summed E-state index contributed by atoms with van der Waals surface area (Å²) in [5.74, 6) is 0.310. The van der Waals surface area contributed by atoms with Gasteiger partial charge in [0, 0.05) is 32.4 Å². The van der Waals surface area contributed by atoms with E-state index in [9.17, 15) is 14.7 Å². The molecule has 0 spiro atoms. The number of nitrogens with one attached hydrogen (secondary N) is 1. The highest BCUT2D eigenvalue weighted by molar-refractivity contribution is 6.02. The van der Waals surface area contributed by atoms with Gasteiger partial charge in [0.05, 0.1) is 12.6 Å². The fraction of sp³-hybridized carbons (Fsp3) is 0.435. The predicted molar refractivity (Wildman–Crippen MR) is 125 cm³/mol. The summed E-state index contributed by atoms with van der Waals surface area (Å²) >= 11 is 0. The molecule has 0 aromatic carbocycles. The lowest BCUT2D eigenvalue weighted by atomic mass is 10.0.